The molecule has 0 aromatic heterocycles. The topological polar surface area (TPSA) is 82.1 Å². The number of carbonyl (C=O) groups is 2. The predicted octanol–water partition coefficient (Wildman–Crippen LogP) is 2.74. The van der Waals surface area contributed by atoms with Gasteiger partial charge in [0.2, 0.25) is 0 Å². The number of esters is 2. The molecule has 1 unspecified atom stereocenters. The maximum atomic E-state index is 12.4. The van der Waals surface area contributed by atoms with Crippen LogP contribution in [0.2, 0.25) is 0 Å². The van der Waals surface area contributed by atoms with Gasteiger partial charge >= 0.3 is 11.9 Å². The van der Waals surface area contributed by atoms with Gasteiger partial charge in [-0.05, 0) is 36.3 Å². The van der Waals surface area contributed by atoms with Gasteiger partial charge in [-0.15, -0.1) is 0 Å². The monoisotopic (exact) mass is 370 g/mol. The van der Waals surface area contributed by atoms with Crippen LogP contribution in [-0.4, -0.2) is 37.9 Å². The van der Waals surface area contributed by atoms with Crippen LogP contribution in [0.5, 0.6) is 11.5 Å². The number of hydrogen-bond acceptors (Lipinski definition) is 6. The Morgan fingerprint density at radius 3 is 2.30 bits per heavy atom. The molecule has 2 rings (SSSR count). The fraction of sp³-hybridized carbons (Fsp3) is 0.238. The van der Waals surface area contributed by atoms with Crippen LogP contribution >= 0.6 is 0 Å². The number of hydrogen-bond donors (Lipinski definition) is 1. The van der Waals surface area contributed by atoms with Gasteiger partial charge in [-0.2, -0.15) is 0 Å². The molecule has 0 aliphatic carbocycles. The van der Waals surface area contributed by atoms with E-state index in [1.807, 2.05) is 0 Å². The SMILES string of the molecule is COc1ccc(/C=C/C(=O)OC(=O)C(C)(CO)c2ccccc2)cc1OC. The van der Waals surface area contributed by atoms with E-state index in [9.17, 15) is 14.7 Å². The number of aliphatic hydroxyl groups is 1. The van der Waals surface area contributed by atoms with Crippen LogP contribution in [0.3, 0.4) is 0 Å². The molecule has 2 aromatic carbocycles. The molecule has 27 heavy (non-hydrogen) atoms. The van der Waals surface area contributed by atoms with Crippen molar-refractivity contribution in [3.63, 3.8) is 0 Å². The molecular weight excluding hydrogens is 348 g/mol. The lowest BCUT2D eigenvalue weighted by molar-refractivity contribution is -0.161. The summed E-state index contributed by atoms with van der Waals surface area (Å²) in [6.07, 6.45) is 2.64. The maximum absolute atomic E-state index is 12.4. The lowest BCUT2D eigenvalue weighted by Gasteiger charge is -2.24. The third-order valence-corrected chi connectivity index (χ3v) is 4.19. The largest absolute Gasteiger partial charge is 0.493 e. The molecular formula is C21H22O6. The van der Waals surface area contributed by atoms with Crippen molar-refractivity contribution in [1.82, 2.24) is 0 Å². The van der Waals surface area contributed by atoms with E-state index in [4.69, 9.17) is 14.2 Å². The molecule has 0 fully saturated rings. The quantitative estimate of drug-likeness (QED) is 0.458. The van der Waals surface area contributed by atoms with Gasteiger partial charge in [0, 0.05) is 6.08 Å². The number of carbonyl (C=O) groups excluding carboxylic acids is 2. The summed E-state index contributed by atoms with van der Waals surface area (Å²) in [5, 5.41) is 9.68. The Morgan fingerprint density at radius 1 is 1.04 bits per heavy atom. The lowest BCUT2D eigenvalue weighted by atomic mass is 9.83. The van der Waals surface area contributed by atoms with E-state index in [0.717, 1.165) is 6.08 Å². The number of methoxy groups -OCH3 is 2. The Hall–Kier alpha value is -3.12. The molecule has 142 valence electrons. The lowest BCUT2D eigenvalue weighted by Crippen LogP contribution is -2.38. The summed E-state index contributed by atoms with van der Waals surface area (Å²) in [6.45, 7) is 1.04. The van der Waals surface area contributed by atoms with E-state index in [1.165, 1.54) is 27.2 Å². The number of ether oxygens (including phenoxy) is 3. The van der Waals surface area contributed by atoms with Gasteiger partial charge in [-0.3, -0.25) is 4.79 Å². The Balaban J connectivity index is 2.10. The van der Waals surface area contributed by atoms with Crippen molar-refractivity contribution in [2.45, 2.75) is 12.3 Å². The summed E-state index contributed by atoms with van der Waals surface area (Å²) in [7, 11) is 3.04. The summed E-state index contributed by atoms with van der Waals surface area (Å²) in [6, 6.07) is 13.8. The van der Waals surface area contributed by atoms with Gasteiger partial charge in [-0.1, -0.05) is 36.4 Å². The first-order valence-corrected chi connectivity index (χ1v) is 8.27. The highest BCUT2D eigenvalue weighted by atomic mass is 16.6. The van der Waals surface area contributed by atoms with Crippen molar-refractivity contribution in [2.75, 3.05) is 20.8 Å². The fourth-order valence-electron chi connectivity index (χ4n) is 2.44. The Bertz CT molecular complexity index is 828. The Kier molecular flexibility index (Phi) is 6.73. The van der Waals surface area contributed by atoms with E-state index in [2.05, 4.69) is 0 Å². The second-order valence-corrected chi connectivity index (χ2v) is 6.01. The van der Waals surface area contributed by atoms with Crippen LogP contribution in [0.25, 0.3) is 6.08 Å². The molecule has 6 heteroatoms. The van der Waals surface area contributed by atoms with E-state index in [1.54, 1.807) is 48.5 Å². The van der Waals surface area contributed by atoms with Crippen molar-refractivity contribution in [1.29, 1.82) is 0 Å². The highest BCUT2D eigenvalue weighted by Gasteiger charge is 2.37. The highest BCUT2D eigenvalue weighted by molar-refractivity contribution is 5.98. The molecule has 0 saturated carbocycles. The molecule has 0 spiro atoms. The molecule has 0 amide bonds. The van der Waals surface area contributed by atoms with Crippen LogP contribution in [0.4, 0.5) is 0 Å². The van der Waals surface area contributed by atoms with Crippen LogP contribution in [0.1, 0.15) is 18.1 Å². The molecule has 0 radical (unpaired) electrons. The first-order valence-electron chi connectivity index (χ1n) is 8.27. The zero-order valence-electron chi connectivity index (χ0n) is 15.5. The van der Waals surface area contributed by atoms with E-state index >= 15 is 0 Å². The average Bonchev–Trinajstić information content (AvgIpc) is 2.71. The van der Waals surface area contributed by atoms with Gasteiger partial charge in [0.25, 0.3) is 0 Å². The minimum Gasteiger partial charge on any atom is -0.493 e. The highest BCUT2D eigenvalue weighted by Crippen LogP contribution is 2.28. The summed E-state index contributed by atoms with van der Waals surface area (Å²) >= 11 is 0. The van der Waals surface area contributed by atoms with Crippen molar-refractivity contribution in [2.24, 2.45) is 0 Å². The molecule has 6 nitrogen and oxygen atoms in total. The average molecular weight is 370 g/mol. The second-order valence-electron chi connectivity index (χ2n) is 6.01. The Labute approximate surface area is 158 Å². The van der Waals surface area contributed by atoms with Gasteiger partial charge in [0.05, 0.1) is 20.8 Å². The molecule has 1 atom stereocenters. The van der Waals surface area contributed by atoms with Crippen molar-refractivity contribution >= 4 is 18.0 Å². The fourth-order valence-corrected chi connectivity index (χ4v) is 2.44. The molecule has 0 saturated heterocycles. The van der Waals surface area contributed by atoms with Gasteiger partial charge in [0.15, 0.2) is 11.5 Å². The normalized spacial score (nSPS) is 13.0. The summed E-state index contributed by atoms with van der Waals surface area (Å²) in [5.41, 5.74) is -0.0899. The molecule has 2 aromatic rings. The number of rotatable bonds is 7. The van der Waals surface area contributed by atoms with Crippen molar-refractivity contribution < 1.29 is 28.9 Å². The van der Waals surface area contributed by atoms with E-state index in [-0.39, 0.29) is 0 Å². The van der Waals surface area contributed by atoms with Gasteiger partial charge in [0.1, 0.15) is 5.41 Å². The van der Waals surface area contributed by atoms with Gasteiger partial charge < -0.3 is 19.3 Å². The maximum Gasteiger partial charge on any atom is 0.338 e. The summed E-state index contributed by atoms with van der Waals surface area (Å²) in [4.78, 5) is 24.5. The molecule has 1 N–H and O–H groups in total. The van der Waals surface area contributed by atoms with Crippen molar-refractivity contribution in [3.05, 3.63) is 65.7 Å². The summed E-state index contributed by atoms with van der Waals surface area (Å²) in [5.74, 6) is -0.571. The first-order chi connectivity index (χ1) is 12.9. The van der Waals surface area contributed by atoms with Crippen LogP contribution in [0.15, 0.2) is 54.6 Å². The minimum absolute atomic E-state index is 0.484. The van der Waals surface area contributed by atoms with Gasteiger partial charge in [-0.25, -0.2) is 4.79 Å². The third-order valence-electron chi connectivity index (χ3n) is 4.19. The van der Waals surface area contributed by atoms with Crippen LogP contribution in [0, 0.1) is 0 Å². The second kappa shape index (κ2) is 9.00. The standard InChI is InChI=1S/C21H22O6/c1-21(14-22,16-7-5-4-6-8-16)20(24)27-19(23)12-10-15-9-11-17(25-2)18(13-15)26-3/h4-13,22H,14H2,1-3H3/b12-10+. The first kappa shape index (κ1) is 20.2. The zero-order valence-corrected chi connectivity index (χ0v) is 15.5. The molecule has 0 bridgehead atoms. The van der Waals surface area contributed by atoms with Crippen LogP contribution in [-0.2, 0) is 19.7 Å². The van der Waals surface area contributed by atoms with Crippen LogP contribution < -0.4 is 9.47 Å². The van der Waals surface area contributed by atoms with Crippen molar-refractivity contribution in [3.8, 4) is 11.5 Å². The predicted molar refractivity (Wildman–Crippen MR) is 101 cm³/mol. The summed E-state index contributed by atoms with van der Waals surface area (Å²) < 4.78 is 15.3. The molecule has 0 aliphatic rings. The van der Waals surface area contributed by atoms with E-state index < -0.39 is 24.0 Å². The number of aliphatic hydroxyl groups excluding tert-OH is 1. The third kappa shape index (κ3) is 4.74. The smallest absolute Gasteiger partial charge is 0.338 e. The molecule has 0 heterocycles. The Morgan fingerprint density at radius 2 is 1.70 bits per heavy atom. The van der Waals surface area contributed by atoms with E-state index in [0.29, 0.717) is 22.6 Å². The molecule has 0 aliphatic heterocycles. The zero-order chi connectivity index (χ0) is 19.9. The number of benzene rings is 2. The minimum atomic E-state index is -1.33.